The van der Waals surface area contributed by atoms with Gasteiger partial charge in [-0.3, -0.25) is 4.79 Å². The van der Waals surface area contributed by atoms with Gasteiger partial charge in [0.2, 0.25) is 0 Å². The van der Waals surface area contributed by atoms with E-state index in [0.717, 1.165) is 6.42 Å². The Bertz CT molecular complexity index is 154. The average molecular weight is 170 g/mol. The van der Waals surface area contributed by atoms with E-state index >= 15 is 0 Å². The molecule has 0 aromatic rings. The number of ether oxygens (including phenoxy) is 1. The van der Waals surface area contributed by atoms with Crippen molar-refractivity contribution in [2.45, 2.75) is 52.1 Å². The zero-order valence-corrected chi connectivity index (χ0v) is 8.01. The van der Waals surface area contributed by atoms with Crippen molar-refractivity contribution in [1.82, 2.24) is 0 Å². The second-order valence-corrected chi connectivity index (χ2v) is 3.71. The van der Waals surface area contributed by atoms with E-state index in [0.29, 0.717) is 12.3 Å². The molecule has 1 saturated heterocycles. The minimum Gasteiger partial charge on any atom is -0.462 e. The summed E-state index contributed by atoms with van der Waals surface area (Å²) in [7, 11) is 0. The van der Waals surface area contributed by atoms with E-state index in [-0.39, 0.29) is 12.1 Å². The van der Waals surface area contributed by atoms with Crippen molar-refractivity contribution in [2.75, 3.05) is 0 Å². The van der Waals surface area contributed by atoms with Gasteiger partial charge in [0, 0.05) is 5.92 Å². The van der Waals surface area contributed by atoms with Crippen LogP contribution < -0.4 is 0 Å². The molecule has 0 saturated carbocycles. The summed E-state index contributed by atoms with van der Waals surface area (Å²) in [4.78, 5) is 10.9. The maximum Gasteiger partial charge on any atom is 0.306 e. The molecule has 0 bridgehead atoms. The van der Waals surface area contributed by atoms with Gasteiger partial charge in [-0.05, 0) is 12.8 Å². The van der Waals surface area contributed by atoms with Crippen LogP contribution in [0.2, 0.25) is 0 Å². The monoisotopic (exact) mass is 170 g/mol. The summed E-state index contributed by atoms with van der Waals surface area (Å²) >= 11 is 0. The van der Waals surface area contributed by atoms with Crippen LogP contribution in [0.15, 0.2) is 0 Å². The molecule has 0 spiro atoms. The SMILES string of the molecule is CCCCCC1OC(=O)CC1C. The fourth-order valence-electron chi connectivity index (χ4n) is 1.67. The third-order valence-electron chi connectivity index (χ3n) is 2.50. The fraction of sp³-hybridized carbons (Fsp3) is 0.900. The van der Waals surface area contributed by atoms with Crippen LogP contribution in [0.25, 0.3) is 0 Å². The molecule has 0 amide bonds. The molecule has 1 rings (SSSR count). The second-order valence-electron chi connectivity index (χ2n) is 3.71. The van der Waals surface area contributed by atoms with E-state index in [2.05, 4.69) is 13.8 Å². The first-order chi connectivity index (χ1) is 5.74. The average Bonchev–Trinajstić information content (AvgIpc) is 2.31. The number of esters is 1. The lowest BCUT2D eigenvalue weighted by Gasteiger charge is -2.12. The van der Waals surface area contributed by atoms with Crippen LogP contribution in [0.5, 0.6) is 0 Å². The third kappa shape index (κ3) is 2.50. The Morgan fingerprint density at radius 3 is 2.75 bits per heavy atom. The summed E-state index contributed by atoms with van der Waals surface area (Å²) in [5.74, 6) is 0.429. The molecule has 1 aliphatic heterocycles. The molecular weight excluding hydrogens is 152 g/mol. The highest BCUT2D eigenvalue weighted by Gasteiger charge is 2.30. The Kier molecular flexibility index (Phi) is 3.57. The minimum atomic E-state index is -0.0102. The maximum atomic E-state index is 10.9. The van der Waals surface area contributed by atoms with Gasteiger partial charge in [-0.15, -0.1) is 0 Å². The summed E-state index contributed by atoms with van der Waals surface area (Å²) in [6, 6.07) is 0. The largest absolute Gasteiger partial charge is 0.462 e. The maximum absolute atomic E-state index is 10.9. The molecule has 0 aromatic heterocycles. The number of rotatable bonds is 4. The summed E-state index contributed by atoms with van der Waals surface area (Å²) in [6.45, 7) is 4.28. The highest BCUT2D eigenvalue weighted by Crippen LogP contribution is 2.25. The van der Waals surface area contributed by atoms with Crippen molar-refractivity contribution >= 4 is 5.97 Å². The van der Waals surface area contributed by atoms with Gasteiger partial charge >= 0.3 is 5.97 Å². The normalized spacial score (nSPS) is 29.0. The molecule has 1 fully saturated rings. The van der Waals surface area contributed by atoms with Crippen molar-refractivity contribution in [3.8, 4) is 0 Å². The Morgan fingerprint density at radius 2 is 2.25 bits per heavy atom. The highest BCUT2D eigenvalue weighted by atomic mass is 16.5. The van der Waals surface area contributed by atoms with Crippen molar-refractivity contribution in [1.29, 1.82) is 0 Å². The van der Waals surface area contributed by atoms with E-state index in [1.165, 1.54) is 19.3 Å². The lowest BCUT2D eigenvalue weighted by atomic mass is 9.99. The zero-order chi connectivity index (χ0) is 8.97. The molecule has 70 valence electrons. The van der Waals surface area contributed by atoms with E-state index in [9.17, 15) is 4.79 Å². The second kappa shape index (κ2) is 4.48. The van der Waals surface area contributed by atoms with E-state index < -0.39 is 0 Å². The van der Waals surface area contributed by atoms with Crippen LogP contribution in [0.3, 0.4) is 0 Å². The number of hydrogen-bond acceptors (Lipinski definition) is 2. The van der Waals surface area contributed by atoms with Crippen molar-refractivity contribution in [2.24, 2.45) is 5.92 Å². The van der Waals surface area contributed by atoms with Crippen LogP contribution in [0.4, 0.5) is 0 Å². The number of carbonyl (C=O) groups excluding carboxylic acids is 1. The van der Waals surface area contributed by atoms with Crippen LogP contribution in [0.1, 0.15) is 46.0 Å². The van der Waals surface area contributed by atoms with Crippen LogP contribution in [0, 0.1) is 5.92 Å². The molecule has 0 aromatic carbocycles. The number of unbranched alkanes of at least 4 members (excludes halogenated alkanes) is 2. The van der Waals surface area contributed by atoms with E-state index in [4.69, 9.17) is 4.74 Å². The van der Waals surface area contributed by atoms with Gasteiger partial charge in [-0.25, -0.2) is 0 Å². The molecule has 1 aliphatic rings. The van der Waals surface area contributed by atoms with Crippen LogP contribution in [-0.2, 0) is 9.53 Å². The quantitative estimate of drug-likeness (QED) is 0.478. The van der Waals surface area contributed by atoms with Gasteiger partial charge in [0.05, 0.1) is 6.42 Å². The molecule has 1 heterocycles. The van der Waals surface area contributed by atoms with Gasteiger partial charge in [0.1, 0.15) is 6.10 Å². The van der Waals surface area contributed by atoms with Crippen molar-refractivity contribution < 1.29 is 9.53 Å². The summed E-state index contributed by atoms with van der Waals surface area (Å²) in [6.07, 6.45) is 5.57. The highest BCUT2D eigenvalue weighted by molar-refractivity contribution is 5.71. The standard InChI is InChI=1S/C10H18O2/c1-3-4-5-6-9-8(2)7-10(11)12-9/h8-9H,3-7H2,1-2H3. The van der Waals surface area contributed by atoms with E-state index in [1.54, 1.807) is 0 Å². The first kappa shape index (κ1) is 9.56. The number of carbonyl (C=O) groups is 1. The van der Waals surface area contributed by atoms with Gasteiger partial charge < -0.3 is 4.74 Å². The first-order valence-corrected chi connectivity index (χ1v) is 4.93. The number of cyclic esters (lactones) is 1. The third-order valence-corrected chi connectivity index (χ3v) is 2.50. The zero-order valence-electron chi connectivity index (χ0n) is 8.01. The van der Waals surface area contributed by atoms with Gasteiger partial charge in [-0.1, -0.05) is 26.7 Å². The van der Waals surface area contributed by atoms with Crippen molar-refractivity contribution in [3.63, 3.8) is 0 Å². The predicted octanol–water partition coefficient (Wildman–Crippen LogP) is 2.52. The number of hydrogen-bond donors (Lipinski definition) is 0. The first-order valence-electron chi connectivity index (χ1n) is 4.93. The van der Waals surface area contributed by atoms with E-state index in [1.807, 2.05) is 0 Å². The van der Waals surface area contributed by atoms with Crippen LogP contribution in [-0.4, -0.2) is 12.1 Å². The molecule has 2 nitrogen and oxygen atoms in total. The molecule has 2 heteroatoms. The van der Waals surface area contributed by atoms with Gasteiger partial charge in [-0.2, -0.15) is 0 Å². The molecule has 0 N–H and O–H groups in total. The smallest absolute Gasteiger partial charge is 0.306 e. The topological polar surface area (TPSA) is 26.3 Å². The Hall–Kier alpha value is -0.530. The predicted molar refractivity (Wildman–Crippen MR) is 47.8 cm³/mol. The Morgan fingerprint density at radius 1 is 1.50 bits per heavy atom. The summed E-state index contributed by atoms with van der Waals surface area (Å²) in [5, 5.41) is 0. The molecule has 2 unspecified atom stereocenters. The van der Waals surface area contributed by atoms with Crippen LogP contribution >= 0.6 is 0 Å². The summed E-state index contributed by atoms with van der Waals surface area (Å²) in [5.41, 5.74) is 0. The summed E-state index contributed by atoms with van der Waals surface area (Å²) < 4.78 is 5.18. The lowest BCUT2D eigenvalue weighted by Crippen LogP contribution is -2.12. The molecule has 12 heavy (non-hydrogen) atoms. The molecular formula is C10H18O2. The van der Waals surface area contributed by atoms with Crippen molar-refractivity contribution in [3.05, 3.63) is 0 Å². The molecule has 0 radical (unpaired) electrons. The van der Waals surface area contributed by atoms with Gasteiger partial charge in [0.25, 0.3) is 0 Å². The Balaban J connectivity index is 2.19. The van der Waals surface area contributed by atoms with Gasteiger partial charge in [0.15, 0.2) is 0 Å². The molecule has 2 atom stereocenters. The lowest BCUT2D eigenvalue weighted by molar-refractivity contribution is -0.141. The minimum absolute atomic E-state index is 0.0102. The Labute approximate surface area is 74.3 Å². The fourth-order valence-corrected chi connectivity index (χ4v) is 1.67. The molecule has 0 aliphatic carbocycles.